The number of ether oxygens (including phenoxy) is 1. The summed E-state index contributed by atoms with van der Waals surface area (Å²) in [7, 11) is 0. The smallest absolute Gasteiger partial charge is 0.335 e. The molecule has 2 aromatic carbocycles. The van der Waals surface area contributed by atoms with E-state index in [1.165, 1.54) is 0 Å². The predicted octanol–water partition coefficient (Wildman–Crippen LogP) is 5.29. The fraction of sp³-hybridized carbons (Fsp3) is 0.316. The van der Waals surface area contributed by atoms with Crippen molar-refractivity contribution in [2.24, 2.45) is 5.92 Å². The lowest BCUT2D eigenvalue weighted by Gasteiger charge is -2.37. The number of hydrogen-bond acceptors (Lipinski definition) is 3. The van der Waals surface area contributed by atoms with Gasteiger partial charge in [-0.2, -0.15) is 0 Å². The van der Waals surface area contributed by atoms with Crippen molar-refractivity contribution in [3.05, 3.63) is 57.6 Å². The zero-order chi connectivity index (χ0) is 18.1. The molecule has 0 spiro atoms. The van der Waals surface area contributed by atoms with E-state index in [0.717, 1.165) is 17.8 Å². The van der Waals surface area contributed by atoms with Crippen molar-refractivity contribution in [2.45, 2.75) is 20.0 Å². The minimum Gasteiger partial charge on any atom is -0.482 e. The van der Waals surface area contributed by atoms with E-state index in [9.17, 15) is 9.90 Å². The van der Waals surface area contributed by atoms with Crippen LogP contribution in [0.15, 0.2) is 36.4 Å². The predicted molar refractivity (Wildman–Crippen MR) is 100 cm³/mol. The second kappa shape index (κ2) is 7.14. The van der Waals surface area contributed by atoms with E-state index < -0.39 is 5.97 Å². The molecule has 3 rings (SSSR count). The van der Waals surface area contributed by atoms with Gasteiger partial charge in [0.05, 0.1) is 17.8 Å². The van der Waals surface area contributed by atoms with Crippen molar-refractivity contribution in [1.82, 2.24) is 0 Å². The van der Waals surface area contributed by atoms with Gasteiger partial charge in [-0.3, -0.25) is 0 Å². The zero-order valence-electron chi connectivity index (χ0n) is 14.0. The van der Waals surface area contributed by atoms with Gasteiger partial charge in [0, 0.05) is 22.2 Å². The fourth-order valence-electron chi connectivity index (χ4n) is 3.02. The largest absolute Gasteiger partial charge is 0.482 e. The minimum absolute atomic E-state index is 0.244. The van der Waals surface area contributed by atoms with E-state index in [1.54, 1.807) is 30.3 Å². The molecule has 25 heavy (non-hydrogen) atoms. The highest BCUT2D eigenvalue weighted by Crippen LogP contribution is 2.41. The highest BCUT2D eigenvalue weighted by atomic mass is 35.5. The highest BCUT2D eigenvalue weighted by Gasteiger charge is 2.29. The van der Waals surface area contributed by atoms with Gasteiger partial charge >= 0.3 is 5.97 Å². The van der Waals surface area contributed by atoms with E-state index >= 15 is 0 Å². The number of carboxylic acids is 1. The van der Waals surface area contributed by atoms with E-state index in [0.29, 0.717) is 28.3 Å². The second-order valence-corrected chi connectivity index (χ2v) is 7.40. The topological polar surface area (TPSA) is 49.8 Å². The molecule has 0 saturated heterocycles. The number of benzene rings is 2. The fourth-order valence-corrected chi connectivity index (χ4v) is 3.55. The van der Waals surface area contributed by atoms with Crippen LogP contribution in [0.25, 0.3) is 0 Å². The summed E-state index contributed by atoms with van der Waals surface area (Å²) >= 11 is 12.3. The maximum Gasteiger partial charge on any atom is 0.335 e. The molecule has 0 fully saturated rings. The molecular weight excluding hydrogens is 361 g/mol. The maximum absolute atomic E-state index is 11.3. The summed E-state index contributed by atoms with van der Waals surface area (Å²) in [5, 5.41) is 10.4. The molecule has 1 aliphatic heterocycles. The van der Waals surface area contributed by atoms with Crippen LogP contribution in [0.1, 0.15) is 35.9 Å². The van der Waals surface area contributed by atoms with E-state index in [4.69, 9.17) is 27.9 Å². The molecule has 2 aromatic rings. The van der Waals surface area contributed by atoms with Gasteiger partial charge in [-0.05, 0) is 36.2 Å². The number of hydrogen-bond donors (Lipinski definition) is 1. The Balaban J connectivity index is 2.00. The molecule has 1 N–H and O–H groups in total. The molecule has 0 saturated carbocycles. The maximum atomic E-state index is 11.3. The molecule has 1 aliphatic rings. The van der Waals surface area contributed by atoms with Gasteiger partial charge in [-0.25, -0.2) is 4.79 Å². The highest BCUT2D eigenvalue weighted by molar-refractivity contribution is 6.35. The summed E-state index contributed by atoms with van der Waals surface area (Å²) in [4.78, 5) is 13.4. The summed E-state index contributed by atoms with van der Waals surface area (Å²) in [6.07, 6.45) is -0.244. The van der Waals surface area contributed by atoms with E-state index in [-0.39, 0.29) is 11.7 Å². The number of carboxylic acid groups (broad SMARTS) is 1. The van der Waals surface area contributed by atoms with Crippen LogP contribution in [-0.4, -0.2) is 24.2 Å². The third-order valence-electron chi connectivity index (χ3n) is 4.10. The third kappa shape index (κ3) is 3.86. The summed E-state index contributed by atoms with van der Waals surface area (Å²) in [6.45, 7) is 5.64. The van der Waals surface area contributed by atoms with Crippen molar-refractivity contribution in [3.8, 4) is 5.75 Å². The monoisotopic (exact) mass is 379 g/mol. The standard InChI is InChI=1S/C19H19Cl2NO3/c1-11(2)9-22-10-18(14-5-4-13(20)8-15(14)21)25-17-6-3-12(19(23)24)7-16(17)22/h3-8,11,18H,9-10H2,1-2H3,(H,23,24)/t18-/m1/s1. The Labute approximate surface area is 156 Å². The SMILES string of the molecule is CC(C)CN1C[C@H](c2ccc(Cl)cc2Cl)Oc2ccc(C(=O)O)cc21. The Bertz CT molecular complexity index is 807. The number of rotatable bonds is 4. The van der Waals surface area contributed by atoms with E-state index in [1.807, 2.05) is 6.07 Å². The lowest BCUT2D eigenvalue weighted by molar-refractivity contribution is 0.0696. The molecule has 0 aromatic heterocycles. The summed E-state index contributed by atoms with van der Waals surface area (Å²) in [6, 6.07) is 10.3. The summed E-state index contributed by atoms with van der Waals surface area (Å²) in [5.41, 5.74) is 1.92. The van der Waals surface area contributed by atoms with Crippen LogP contribution in [0.3, 0.4) is 0 Å². The first kappa shape index (κ1) is 17.9. The first-order chi connectivity index (χ1) is 11.8. The van der Waals surface area contributed by atoms with Gasteiger partial charge in [-0.1, -0.05) is 43.1 Å². The van der Waals surface area contributed by atoms with Gasteiger partial charge < -0.3 is 14.7 Å². The molecule has 1 heterocycles. The molecule has 0 aliphatic carbocycles. The van der Waals surface area contributed by atoms with Crippen LogP contribution < -0.4 is 9.64 Å². The third-order valence-corrected chi connectivity index (χ3v) is 4.66. The Hall–Kier alpha value is -1.91. The van der Waals surface area contributed by atoms with Crippen LogP contribution in [-0.2, 0) is 0 Å². The van der Waals surface area contributed by atoms with Crippen LogP contribution in [0, 0.1) is 5.92 Å². The first-order valence-corrected chi connectivity index (χ1v) is 8.84. The van der Waals surface area contributed by atoms with Gasteiger partial charge in [0.2, 0.25) is 0 Å². The summed E-state index contributed by atoms with van der Waals surface area (Å²) < 4.78 is 6.12. The van der Waals surface area contributed by atoms with Gasteiger partial charge in [0.15, 0.2) is 0 Å². The number of nitrogens with zero attached hydrogens (tertiary/aromatic N) is 1. The minimum atomic E-state index is -0.949. The number of halogens is 2. The first-order valence-electron chi connectivity index (χ1n) is 8.09. The van der Waals surface area contributed by atoms with Crippen LogP contribution in [0.4, 0.5) is 5.69 Å². The van der Waals surface area contributed by atoms with Crippen LogP contribution in [0.2, 0.25) is 10.0 Å². The average Bonchev–Trinajstić information content (AvgIpc) is 2.53. The van der Waals surface area contributed by atoms with Crippen molar-refractivity contribution in [3.63, 3.8) is 0 Å². The molecule has 0 radical (unpaired) electrons. The Morgan fingerprint density at radius 2 is 2.04 bits per heavy atom. The quantitative estimate of drug-likeness (QED) is 0.783. The molecular formula is C19H19Cl2NO3. The normalized spacial score (nSPS) is 16.5. The Morgan fingerprint density at radius 1 is 1.28 bits per heavy atom. The van der Waals surface area contributed by atoms with Crippen molar-refractivity contribution >= 4 is 34.9 Å². The number of anilines is 1. The zero-order valence-corrected chi connectivity index (χ0v) is 15.5. The van der Waals surface area contributed by atoms with Crippen molar-refractivity contribution < 1.29 is 14.6 Å². The Kier molecular flexibility index (Phi) is 5.11. The van der Waals surface area contributed by atoms with Crippen LogP contribution in [0.5, 0.6) is 5.75 Å². The van der Waals surface area contributed by atoms with Crippen LogP contribution >= 0.6 is 23.2 Å². The molecule has 0 amide bonds. The van der Waals surface area contributed by atoms with Gasteiger partial charge in [0.1, 0.15) is 11.9 Å². The van der Waals surface area contributed by atoms with Crippen molar-refractivity contribution in [1.29, 1.82) is 0 Å². The molecule has 4 nitrogen and oxygen atoms in total. The lowest BCUT2D eigenvalue weighted by Crippen LogP contribution is -2.37. The molecule has 0 unspecified atom stereocenters. The number of fused-ring (bicyclic) bond motifs is 1. The van der Waals surface area contributed by atoms with Gasteiger partial charge in [-0.15, -0.1) is 0 Å². The Morgan fingerprint density at radius 3 is 2.68 bits per heavy atom. The molecule has 1 atom stereocenters. The molecule has 6 heteroatoms. The molecule has 132 valence electrons. The lowest BCUT2D eigenvalue weighted by atomic mass is 10.0. The second-order valence-electron chi connectivity index (χ2n) is 6.56. The summed E-state index contributed by atoms with van der Waals surface area (Å²) in [5.74, 6) is 0.129. The van der Waals surface area contributed by atoms with Crippen molar-refractivity contribution in [2.75, 3.05) is 18.0 Å². The van der Waals surface area contributed by atoms with Gasteiger partial charge in [0.25, 0.3) is 0 Å². The molecule has 0 bridgehead atoms. The average molecular weight is 380 g/mol. The number of carbonyl (C=O) groups is 1. The number of aromatic carboxylic acids is 1. The van der Waals surface area contributed by atoms with E-state index in [2.05, 4.69) is 18.7 Å².